The molecule has 1 aromatic carbocycles. The summed E-state index contributed by atoms with van der Waals surface area (Å²) in [6, 6.07) is 8.02. The van der Waals surface area contributed by atoms with Crippen LogP contribution in [0.25, 0.3) is 10.4 Å². The SMILES string of the molecule is [N-]=[N+]=NC[C@@H](Cc1cccs1)NS(=O)(=O)c1ccccc1[N+](=O)[O-]. The van der Waals surface area contributed by atoms with Crippen LogP contribution in [0, 0.1) is 10.1 Å². The molecule has 0 radical (unpaired) electrons. The first-order chi connectivity index (χ1) is 11.4. The number of nitrogens with one attached hydrogen (secondary N) is 1. The zero-order valence-corrected chi connectivity index (χ0v) is 13.9. The lowest BCUT2D eigenvalue weighted by atomic mass is 10.2. The number of nitro benzene ring substituents is 1. The van der Waals surface area contributed by atoms with E-state index in [1.807, 2.05) is 17.5 Å². The van der Waals surface area contributed by atoms with Crippen molar-refractivity contribution in [3.63, 3.8) is 0 Å². The van der Waals surface area contributed by atoms with Gasteiger partial charge in [0.1, 0.15) is 0 Å². The van der Waals surface area contributed by atoms with Crippen LogP contribution < -0.4 is 4.72 Å². The molecule has 0 spiro atoms. The lowest BCUT2D eigenvalue weighted by Gasteiger charge is -2.16. The van der Waals surface area contributed by atoms with Crippen LogP contribution in [0.15, 0.2) is 51.8 Å². The molecule has 1 N–H and O–H groups in total. The van der Waals surface area contributed by atoms with E-state index in [9.17, 15) is 18.5 Å². The van der Waals surface area contributed by atoms with E-state index in [1.54, 1.807) is 0 Å². The number of para-hydroxylation sites is 1. The van der Waals surface area contributed by atoms with Crippen molar-refractivity contribution in [2.45, 2.75) is 17.4 Å². The van der Waals surface area contributed by atoms with Crippen molar-refractivity contribution in [1.29, 1.82) is 0 Å². The molecule has 0 saturated carbocycles. The van der Waals surface area contributed by atoms with Gasteiger partial charge in [0.05, 0.1) is 4.92 Å². The van der Waals surface area contributed by atoms with Gasteiger partial charge in [0.15, 0.2) is 4.90 Å². The number of hydrogen-bond donors (Lipinski definition) is 1. The van der Waals surface area contributed by atoms with Crippen molar-refractivity contribution in [1.82, 2.24) is 4.72 Å². The number of sulfonamides is 1. The minimum atomic E-state index is -4.14. The second kappa shape index (κ2) is 7.88. The molecule has 9 nitrogen and oxygen atoms in total. The number of thiophene rings is 1. The predicted octanol–water partition coefficient (Wildman–Crippen LogP) is 2.86. The molecule has 1 atom stereocenters. The quantitative estimate of drug-likeness (QED) is 0.252. The van der Waals surface area contributed by atoms with Gasteiger partial charge < -0.3 is 0 Å². The molecule has 126 valence electrons. The van der Waals surface area contributed by atoms with Gasteiger partial charge in [-0.1, -0.05) is 23.3 Å². The molecule has 0 saturated heterocycles. The zero-order chi connectivity index (χ0) is 17.6. The average Bonchev–Trinajstić information content (AvgIpc) is 3.05. The normalized spacial score (nSPS) is 12.3. The second-order valence-electron chi connectivity index (χ2n) is 4.74. The van der Waals surface area contributed by atoms with E-state index in [1.165, 1.54) is 23.5 Å². The zero-order valence-electron chi connectivity index (χ0n) is 12.3. The van der Waals surface area contributed by atoms with Gasteiger partial charge in [0.2, 0.25) is 10.0 Å². The number of benzene rings is 1. The molecule has 2 rings (SSSR count). The van der Waals surface area contributed by atoms with Crippen LogP contribution in [0.3, 0.4) is 0 Å². The summed E-state index contributed by atoms with van der Waals surface area (Å²) in [6.07, 6.45) is 0.316. The first-order valence-corrected chi connectivity index (χ1v) is 9.09. The van der Waals surface area contributed by atoms with Crippen LogP contribution in [0.5, 0.6) is 0 Å². The van der Waals surface area contributed by atoms with Crippen molar-refractivity contribution >= 4 is 27.0 Å². The van der Waals surface area contributed by atoms with E-state index in [4.69, 9.17) is 5.53 Å². The Morgan fingerprint density at radius 2 is 2.08 bits per heavy atom. The monoisotopic (exact) mass is 367 g/mol. The minimum Gasteiger partial charge on any atom is -0.258 e. The van der Waals surface area contributed by atoms with Crippen LogP contribution >= 0.6 is 11.3 Å². The molecule has 0 fully saturated rings. The Morgan fingerprint density at radius 1 is 1.33 bits per heavy atom. The Bertz CT molecular complexity index is 860. The summed E-state index contributed by atoms with van der Waals surface area (Å²) in [5, 5.41) is 16.3. The summed E-state index contributed by atoms with van der Waals surface area (Å²) >= 11 is 1.44. The molecule has 0 aliphatic carbocycles. The molecule has 0 aliphatic heterocycles. The fourth-order valence-corrected chi connectivity index (χ4v) is 4.25. The maximum Gasteiger partial charge on any atom is 0.289 e. The van der Waals surface area contributed by atoms with E-state index in [2.05, 4.69) is 14.7 Å². The highest BCUT2D eigenvalue weighted by atomic mass is 32.2. The lowest BCUT2D eigenvalue weighted by Crippen LogP contribution is -2.38. The Balaban J connectivity index is 2.29. The molecular formula is C13H13N5O4S2. The van der Waals surface area contributed by atoms with Crippen LogP contribution in [0.1, 0.15) is 4.88 Å². The fraction of sp³-hybridized carbons (Fsp3) is 0.231. The third-order valence-electron chi connectivity index (χ3n) is 3.07. The summed E-state index contributed by atoms with van der Waals surface area (Å²) in [6.45, 7) is -0.103. The lowest BCUT2D eigenvalue weighted by molar-refractivity contribution is -0.387. The molecule has 2 aromatic rings. The average molecular weight is 367 g/mol. The van der Waals surface area contributed by atoms with Crippen molar-refractivity contribution in [2.75, 3.05) is 6.54 Å². The molecule has 24 heavy (non-hydrogen) atoms. The largest absolute Gasteiger partial charge is 0.289 e. The molecule has 0 unspecified atom stereocenters. The standard InChI is InChI=1S/C13H13N5O4S2/c14-17-15-9-10(8-11-4-3-7-23-11)16-24(21,22)13-6-2-1-5-12(13)18(19)20/h1-7,10,16H,8-9H2/t10-/m1/s1. The van der Waals surface area contributed by atoms with E-state index < -0.39 is 31.6 Å². The highest BCUT2D eigenvalue weighted by Crippen LogP contribution is 2.23. The van der Waals surface area contributed by atoms with Gasteiger partial charge >= 0.3 is 0 Å². The second-order valence-corrected chi connectivity index (χ2v) is 7.45. The molecule has 11 heteroatoms. The Labute approximate surface area is 141 Å². The smallest absolute Gasteiger partial charge is 0.258 e. The topological polar surface area (TPSA) is 138 Å². The van der Waals surface area contributed by atoms with E-state index in [-0.39, 0.29) is 6.54 Å². The number of rotatable bonds is 8. The van der Waals surface area contributed by atoms with E-state index in [0.29, 0.717) is 6.42 Å². The van der Waals surface area contributed by atoms with E-state index >= 15 is 0 Å². The van der Waals surface area contributed by atoms with Gasteiger partial charge in [0, 0.05) is 28.4 Å². The Morgan fingerprint density at radius 3 is 2.71 bits per heavy atom. The number of hydrogen-bond acceptors (Lipinski definition) is 6. The predicted molar refractivity (Wildman–Crippen MR) is 89.2 cm³/mol. The Kier molecular flexibility index (Phi) is 5.88. The highest BCUT2D eigenvalue weighted by Gasteiger charge is 2.27. The first kappa shape index (κ1) is 17.9. The summed E-state index contributed by atoms with van der Waals surface area (Å²) in [7, 11) is -4.14. The minimum absolute atomic E-state index is 0.103. The third-order valence-corrected chi connectivity index (χ3v) is 5.53. The molecular weight excluding hydrogens is 354 g/mol. The number of azide groups is 1. The van der Waals surface area contributed by atoms with E-state index in [0.717, 1.165) is 17.0 Å². The van der Waals surface area contributed by atoms with Gasteiger partial charge in [-0.05, 0) is 29.5 Å². The molecule has 0 bridgehead atoms. The van der Waals surface area contributed by atoms with Gasteiger partial charge in [0.25, 0.3) is 5.69 Å². The first-order valence-electron chi connectivity index (χ1n) is 6.73. The maximum absolute atomic E-state index is 12.5. The van der Waals surface area contributed by atoms with Crippen LogP contribution in [0.4, 0.5) is 5.69 Å². The van der Waals surface area contributed by atoms with Crippen LogP contribution in [-0.4, -0.2) is 25.9 Å². The molecule has 0 aliphatic rings. The summed E-state index contributed by atoms with van der Waals surface area (Å²) in [4.78, 5) is 13.4. The maximum atomic E-state index is 12.5. The summed E-state index contributed by atoms with van der Waals surface area (Å²) in [5.74, 6) is 0. The molecule has 1 aromatic heterocycles. The number of nitro groups is 1. The van der Waals surface area contributed by atoms with Gasteiger partial charge in [-0.2, -0.15) is 0 Å². The van der Waals surface area contributed by atoms with Gasteiger partial charge in [-0.3, -0.25) is 10.1 Å². The van der Waals surface area contributed by atoms with Gasteiger partial charge in [-0.25, -0.2) is 13.1 Å². The summed E-state index contributed by atoms with van der Waals surface area (Å²) in [5.41, 5.74) is 7.96. The van der Waals surface area contributed by atoms with Crippen molar-refractivity contribution in [3.8, 4) is 0 Å². The molecule has 1 heterocycles. The Hall–Kier alpha value is -2.46. The van der Waals surface area contributed by atoms with Crippen molar-refractivity contribution in [2.24, 2.45) is 5.11 Å². The highest BCUT2D eigenvalue weighted by molar-refractivity contribution is 7.89. The van der Waals surface area contributed by atoms with Gasteiger partial charge in [-0.15, -0.1) is 11.3 Å². The van der Waals surface area contributed by atoms with Crippen LogP contribution in [0.2, 0.25) is 0 Å². The third kappa shape index (κ3) is 4.52. The summed E-state index contributed by atoms with van der Waals surface area (Å²) < 4.78 is 27.4. The fourth-order valence-electron chi connectivity index (χ4n) is 2.07. The number of nitrogens with zero attached hydrogens (tertiary/aromatic N) is 4. The van der Waals surface area contributed by atoms with Crippen LogP contribution in [-0.2, 0) is 16.4 Å². The van der Waals surface area contributed by atoms with Crippen molar-refractivity contribution < 1.29 is 13.3 Å². The van der Waals surface area contributed by atoms with Crippen molar-refractivity contribution in [3.05, 3.63) is 67.2 Å². The molecule has 0 amide bonds.